The van der Waals surface area contributed by atoms with Gasteiger partial charge in [0.1, 0.15) is 5.01 Å². The molecule has 3 amide bonds. The molecule has 4 rings (SSSR count). The van der Waals surface area contributed by atoms with E-state index < -0.39 is 0 Å². The van der Waals surface area contributed by atoms with Gasteiger partial charge in [0.2, 0.25) is 5.13 Å². The van der Waals surface area contributed by atoms with Gasteiger partial charge in [0.25, 0.3) is 17.7 Å². The normalized spacial score (nSPS) is 13.1. The molecule has 8 heteroatoms. The highest BCUT2D eigenvalue weighted by Crippen LogP contribution is 2.26. The van der Waals surface area contributed by atoms with E-state index >= 15 is 0 Å². The zero-order valence-corrected chi connectivity index (χ0v) is 16.7. The second-order valence-electron chi connectivity index (χ2n) is 6.97. The summed E-state index contributed by atoms with van der Waals surface area (Å²) < 4.78 is 0. The summed E-state index contributed by atoms with van der Waals surface area (Å²) in [4.78, 5) is 38.4. The summed E-state index contributed by atoms with van der Waals surface area (Å²) in [7, 11) is 0. The molecule has 7 nitrogen and oxygen atoms in total. The highest BCUT2D eigenvalue weighted by Gasteiger charge is 2.35. The molecule has 3 aromatic rings. The Morgan fingerprint density at radius 3 is 2.21 bits per heavy atom. The van der Waals surface area contributed by atoms with Crippen molar-refractivity contribution >= 4 is 34.2 Å². The number of anilines is 1. The van der Waals surface area contributed by atoms with Gasteiger partial charge in [0.05, 0.1) is 17.7 Å². The Bertz CT molecular complexity index is 1070. The molecule has 0 unspecified atom stereocenters. The Labute approximate surface area is 171 Å². The Kier molecular flexibility index (Phi) is 4.94. The van der Waals surface area contributed by atoms with Crippen molar-refractivity contribution in [1.29, 1.82) is 0 Å². The Morgan fingerprint density at radius 2 is 1.62 bits per heavy atom. The fourth-order valence-electron chi connectivity index (χ4n) is 3.07. The van der Waals surface area contributed by atoms with Gasteiger partial charge in [-0.3, -0.25) is 24.6 Å². The van der Waals surface area contributed by atoms with Crippen molar-refractivity contribution in [2.75, 3.05) is 5.32 Å². The van der Waals surface area contributed by atoms with E-state index in [1.54, 1.807) is 36.4 Å². The molecule has 0 aliphatic carbocycles. The van der Waals surface area contributed by atoms with Crippen molar-refractivity contribution < 1.29 is 14.4 Å². The zero-order valence-electron chi connectivity index (χ0n) is 15.9. The monoisotopic (exact) mass is 406 g/mol. The van der Waals surface area contributed by atoms with Crippen LogP contribution < -0.4 is 5.32 Å². The first-order valence-electron chi connectivity index (χ1n) is 9.13. The van der Waals surface area contributed by atoms with Crippen LogP contribution in [0.15, 0.2) is 48.5 Å². The predicted octanol–water partition coefficient (Wildman–Crippen LogP) is 3.71. The minimum atomic E-state index is -0.350. The van der Waals surface area contributed by atoms with Crippen molar-refractivity contribution in [2.24, 2.45) is 0 Å². The number of amides is 3. The third-order valence-corrected chi connectivity index (χ3v) is 5.52. The smallest absolute Gasteiger partial charge is 0.261 e. The number of imide groups is 1. The van der Waals surface area contributed by atoms with Crippen LogP contribution in [0, 0.1) is 0 Å². The number of hydrogen-bond acceptors (Lipinski definition) is 6. The maximum Gasteiger partial charge on any atom is 0.261 e. The lowest BCUT2D eigenvalue weighted by atomic mass is 10.0. The van der Waals surface area contributed by atoms with E-state index in [0.717, 1.165) is 21.8 Å². The average molecular weight is 406 g/mol. The molecule has 1 N–H and O–H groups in total. The molecule has 0 atom stereocenters. The molecule has 0 bridgehead atoms. The minimum Gasteiger partial charge on any atom is -0.296 e. The first-order valence-corrected chi connectivity index (χ1v) is 9.94. The Balaban J connectivity index is 1.43. The summed E-state index contributed by atoms with van der Waals surface area (Å²) in [6, 6.07) is 14.1. The van der Waals surface area contributed by atoms with E-state index in [1.807, 2.05) is 12.1 Å². The molecule has 1 aliphatic heterocycles. The van der Waals surface area contributed by atoms with E-state index in [4.69, 9.17) is 0 Å². The van der Waals surface area contributed by atoms with Gasteiger partial charge >= 0.3 is 0 Å². The van der Waals surface area contributed by atoms with Crippen LogP contribution in [0.25, 0.3) is 0 Å². The quantitative estimate of drug-likeness (QED) is 0.652. The number of aromatic nitrogens is 2. The fraction of sp³-hybridized carbons (Fsp3) is 0.190. The predicted molar refractivity (Wildman–Crippen MR) is 109 cm³/mol. The van der Waals surface area contributed by atoms with Crippen LogP contribution in [0.1, 0.15) is 61.4 Å². The van der Waals surface area contributed by atoms with Gasteiger partial charge in [-0.2, -0.15) is 0 Å². The first-order chi connectivity index (χ1) is 13.9. The van der Waals surface area contributed by atoms with Gasteiger partial charge in [-0.15, -0.1) is 10.2 Å². The fourth-order valence-corrected chi connectivity index (χ4v) is 3.80. The molecule has 29 heavy (non-hydrogen) atoms. The number of hydrogen-bond donors (Lipinski definition) is 1. The largest absolute Gasteiger partial charge is 0.296 e. The van der Waals surface area contributed by atoms with Crippen LogP contribution in [-0.4, -0.2) is 32.8 Å². The van der Waals surface area contributed by atoms with Crippen molar-refractivity contribution in [1.82, 2.24) is 15.1 Å². The summed E-state index contributed by atoms with van der Waals surface area (Å²) in [6.07, 6.45) is 0. The lowest BCUT2D eigenvalue weighted by molar-refractivity contribution is 0.0641. The molecule has 1 aliphatic rings. The molecular weight excluding hydrogens is 388 g/mol. The molecule has 0 spiro atoms. The number of rotatable bonds is 5. The molecule has 0 saturated heterocycles. The van der Waals surface area contributed by atoms with Crippen molar-refractivity contribution in [2.45, 2.75) is 26.3 Å². The van der Waals surface area contributed by atoms with Gasteiger partial charge in [0.15, 0.2) is 0 Å². The lowest BCUT2D eigenvalue weighted by Gasteiger charge is -2.10. The third kappa shape index (κ3) is 3.66. The van der Waals surface area contributed by atoms with Gasteiger partial charge < -0.3 is 0 Å². The highest BCUT2D eigenvalue weighted by atomic mass is 32.1. The van der Waals surface area contributed by atoms with E-state index in [2.05, 4.69) is 29.4 Å². The van der Waals surface area contributed by atoms with Crippen LogP contribution in [0.2, 0.25) is 0 Å². The highest BCUT2D eigenvalue weighted by molar-refractivity contribution is 7.15. The van der Waals surface area contributed by atoms with E-state index in [1.165, 1.54) is 0 Å². The summed E-state index contributed by atoms with van der Waals surface area (Å²) in [5.41, 5.74) is 2.45. The molecule has 2 aromatic carbocycles. The number of nitrogens with zero attached hydrogens (tertiary/aromatic N) is 3. The Hall–Kier alpha value is -3.39. The SMILES string of the molecule is CC(C)c1ccc(C(=O)Nc2nnc(CN3C(=O)c4ccccc4C3=O)s2)cc1. The summed E-state index contributed by atoms with van der Waals surface area (Å²) in [5.74, 6) is -0.600. The van der Waals surface area contributed by atoms with Crippen molar-refractivity contribution in [3.05, 3.63) is 75.8 Å². The second-order valence-corrected chi connectivity index (χ2v) is 8.04. The summed E-state index contributed by atoms with van der Waals surface area (Å²) in [5, 5.41) is 11.4. The molecule has 0 radical (unpaired) electrons. The molecule has 146 valence electrons. The number of benzene rings is 2. The molecule has 2 heterocycles. The number of carbonyl (C=O) groups excluding carboxylic acids is 3. The lowest BCUT2D eigenvalue weighted by Crippen LogP contribution is -2.29. The number of nitrogens with one attached hydrogen (secondary N) is 1. The molecule has 0 fully saturated rings. The molecule has 1 aromatic heterocycles. The summed E-state index contributed by atoms with van der Waals surface area (Å²) >= 11 is 1.13. The van der Waals surface area contributed by atoms with E-state index in [-0.39, 0.29) is 24.3 Å². The standard InChI is InChI=1S/C21H18N4O3S/c1-12(2)13-7-9-14(10-8-13)18(26)22-21-24-23-17(29-21)11-25-19(27)15-5-3-4-6-16(15)20(25)28/h3-10,12H,11H2,1-2H3,(H,22,24,26). The van der Waals surface area contributed by atoms with Gasteiger partial charge in [-0.1, -0.05) is 49.4 Å². The Morgan fingerprint density at radius 1 is 1.00 bits per heavy atom. The second kappa shape index (κ2) is 7.56. The maximum atomic E-state index is 12.4. The third-order valence-electron chi connectivity index (χ3n) is 4.70. The van der Waals surface area contributed by atoms with Gasteiger partial charge in [0, 0.05) is 5.56 Å². The summed E-state index contributed by atoms with van der Waals surface area (Å²) in [6.45, 7) is 4.20. The van der Waals surface area contributed by atoms with Crippen LogP contribution >= 0.6 is 11.3 Å². The topological polar surface area (TPSA) is 92.3 Å². The van der Waals surface area contributed by atoms with Crippen LogP contribution in [-0.2, 0) is 6.54 Å². The van der Waals surface area contributed by atoms with Crippen LogP contribution in [0.5, 0.6) is 0 Å². The zero-order chi connectivity index (χ0) is 20.5. The van der Waals surface area contributed by atoms with E-state index in [0.29, 0.717) is 32.7 Å². The molecule has 0 saturated carbocycles. The molecular formula is C21H18N4O3S. The number of fused-ring (bicyclic) bond motifs is 1. The number of carbonyl (C=O) groups is 3. The van der Waals surface area contributed by atoms with Crippen molar-refractivity contribution in [3.63, 3.8) is 0 Å². The van der Waals surface area contributed by atoms with Gasteiger partial charge in [-0.05, 0) is 35.7 Å². The minimum absolute atomic E-state index is 0.0168. The van der Waals surface area contributed by atoms with Crippen LogP contribution in [0.4, 0.5) is 5.13 Å². The maximum absolute atomic E-state index is 12.4. The van der Waals surface area contributed by atoms with Crippen molar-refractivity contribution in [3.8, 4) is 0 Å². The first kappa shape index (κ1) is 18.9. The van der Waals surface area contributed by atoms with Crippen LogP contribution in [0.3, 0.4) is 0 Å². The average Bonchev–Trinajstić information content (AvgIpc) is 3.26. The van der Waals surface area contributed by atoms with Gasteiger partial charge in [-0.25, -0.2) is 0 Å². The van der Waals surface area contributed by atoms with E-state index in [9.17, 15) is 14.4 Å².